The van der Waals surface area contributed by atoms with E-state index >= 15 is 0 Å². The van der Waals surface area contributed by atoms with Crippen LogP contribution in [0, 0.1) is 16.7 Å². The topological polar surface area (TPSA) is 107 Å². The van der Waals surface area contributed by atoms with Gasteiger partial charge in [0.25, 0.3) is 5.91 Å². The molecule has 4 rings (SSSR count). The van der Waals surface area contributed by atoms with E-state index in [0.717, 1.165) is 10.9 Å². The number of alkyl halides is 5. The highest BCUT2D eigenvalue weighted by Gasteiger charge is 2.62. The molecule has 1 amide bonds. The smallest absolute Gasteiger partial charge is 0.346 e. The van der Waals surface area contributed by atoms with Crippen LogP contribution in [0.15, 0.2) is 24.4 Å². The Morgan fingerprint density at radius 2 is 1.97 bits per heavy atom. The quantitative estimate of drug-likeness (QED) is 0.312. The molecule has 0 saturated heterocycles. The van der Waals surface area contributed by atoms with E-state index in [0.29, 0.717) is 31.2 Å². The van der Waals surface area contributed by atoms with Crippen molar-refractivity contribution in [2.75, 3.05) is 5.32 Å². The third-order valence-electron chi connectivity index (χ3n) is 6.10. The second-order valence-electron chi connectivity index (χ2n) is 8.81. The van der Waals surface area contributed by atoms with Crippen LogP contribution in [0.25, 0.3) is 5.57 Å². The second-order valence-corrected chi connectivity index (χ2v) is 9.22. The summed E-state index contributed by atoms with van der Waals surface area (Å²) in [6, 6.07) is 6.39. The van der Waals surface area contributed by atoms with E-state index in [1.807, 2.05) is 6.07 Å². The average Bonchev–Trinajstić information content (AvgIpc) is 3.74. The molecule has 2 aliphatic carbocycles. The number of hydrogen-bond donors (Lipinski definition) is 3. The van der Waals surface area contributed by atoms with Gasteiger partial charge in [-0.3, -0.25) is 9.48 Å². The molecule has 36 heavy (non-hydrogen) atoms. The molecule has 7 nitrogen and oxygen atoms in total. The molecule has 1 heterocycles. The lowest BCUT2D eigenvalue weighted by Gasteiger charge is -2.19. The van der Waals surface area contributed by atoms with Crippen LogP contribution in [0.3, 0.4) is 0 Å². The van der Waals surface area contributed by atoms with Crippen molar-refractivity contribution in [3.63, 3.8) is 0 Å². The molecule has 2 aliphatic rings. The van der Waals surface area contributed by atoms with Crippen LogP contribution < -0.4 is 10.6 Å². The molecule has 2 fully saturated rings. The maximum atomic E-state index is 14.2. The maximum absolute atomic E-state index is 14.2. The van der Waals surface area contributed by atoms with Gasteiger partial charge in [-0.15, -0.1) is 0 Å². The molecule has 0 radical (unpaired) electrons. The predicted octanol–water partition coefficient (Wildman–Crippen LogP) is 5.49. The highest BCUT2D eigenvalue weighted by molar-refractivity contribution is 6.34. The van der Waals surface area contributed by atoms with Crippen LogP contribution in [-0.2, 0) is 13.0 Å². The summed E-state index contributed by atoms with van der Waals surface area (Å²) in [5.74, 6) is -6.24. The summed E-state index contributed by atoms with van der Waals surface area (Å²) in [7, 11) is 1.25. The number of rotatable bonds is 8. The van der Waals surface area contributed by atoms with Gasteiger partial charge in [0.05, 0.1) is 16.7 Å². The number of hydrogen-bond acceptors (Lipinski definition) is 5. The van der Waals surface area contributed by atoms with Gasteiger partial charge in [-0.1, -0.05) is 17.7 Å². The van der Waals surface area contributed by atoms with E-state index < -0.39 is 35.2 Å². The number of aryl methyl sites for hydroxylation is 1. The minimum atomic E-state index is -5.80. The molecule has 0 bridgehead atoms. The number of carbonyl (C=O) groups is 1. The van der Waals surface area contributed by atoms with E-state index in [1.165, 1.54) is 31.4 Å². The highest BCUT2D eigenvalue weighted by atomic mass is 35.5. The number of halogens is 6. The van der Waals surface area contributed by atoms with Crippen molar-refractivity contribution in [1.82, 2.24) is 15.1 Å². The van der Waals surface area contributed by atoms with Crippen molar-refractivity contribution in [2.45, 2.75) is 49.2 Å². The fourth-order valence-corrected chi connectivity index (χ4v) is 3.95. The molecule has 13 heteroatoms. The first-order valence-corrected chi connectivity index (χ1v) is 11.2. The van der Waals surface area contributed by atoms with Gasteiger partial charge in [-0.25, -0.2) is 0 Å². The number of nitrogens with one attached hydrogen (secondary N) is 3. The third-order valence-corrected chi connectivity index (χ3v) is 6.43. The molecule has 0 spiro atoms. The van der Waals surface area contributed by atoms with Crippen molar-refractivity contribution in [3.05, 3.63) is 51.8 Å². The zero-order chi connectivity index (χ0) is 26.5. The molecule has 3 N–H and O–H groups in total. The lowest BCUT2D eigenvalue weighted by atomic mass is 10.0. The van der Waals surface area contributed by atoms with Crippen LogP contribution >= 0.6 is 11.6 Å². The second kappa shape index (κ2) is 8.89. The Balaban J connectivity index is 1.66. The van der Waals surface area contributed by atoms with Crippen LogP contribution in [0.4, 0.5) is 27.8 Å². The van der Waals surface area contributed by atoms with E-state index in [4.69, 9.17) is 17.0 Å². The van der Waals surface area contributed by atoms with Gasteiger partial charge in [0, 0.05) is 30.6 Å². The lowest BCUT2D eigenvalue weighted by molar-refractivity contribution is -0.291. The number of nitriles is 1. The first kappa shape index (κ1) is 25.6. The largest absolute Gasteiger partial charge is 0.459 e. The summed E-state index contributed by atoms with van der Waals surface area (Å²) in [4.78, 5) is 12.7. The van der Waals surface area contributed by atoms with Crippen molar-refractivity contribution in [1.29, 1.82) is 10.7 Å². The number of nitrogens with zero attached hydrogens (tertiary/aromatic N) is 3. The number of allylic oxidation sites excluding steroid dienone is 1. The summed E-state index contributed by atoms with van der Waals surface area (Å²) in [5.41, 5.74) is -1.88. The summed E-state index contributed by atoms with van der Waals surface area (Å²) in [6.07, 6.45) is -1.69. The predicted molar refractivity (Wildman–Crippen MR) is 122 cm³/mol. The average molecular weight is 527 g/mol. The molecule has 0 atom stereocenters. The molecule has 2 aromatic rings. The molecular formula is C23H20ClF5N6O. The molecule has 0 aliphatic heterocycles. The molecule has 1 aromatic heterocycles. The van der Waals surface area contributed by atoms with Gasteiger partial charge in [0.15, 0.2) is 0 Å². The molecular weight excluding hydrogens is 507 g/mol. The molecule has 190 valence electrons. The zero-order valence-electron chi connectivity index (χ0n) is 18.8. The molecule has 0 unspecified atom stereocenters. The van der Waals surface area contributed by atoms with E-state index in [2.05, 4.69) is 15.7 Å². The van der Waals surface area contributed by atoms with Crippen molar-refractivity contribution < 1.29 is 26.7 Å². The minimum absolute atomic E-state index is 0.0487. The Bertz CT molecular complexity index is 1300. The lowest BCUT2D eigenvalue weighted by Crippen LogP contribution is -2.35. The Morgan fingerprint density at radius 3 is 2.50 bits per heavy atom. The van der Waals surface area contributed by atoms with Crippen molar-refractivity contribution in [3.8, 4) is 6.07 Å². The minimum Gasteiger partial charge on any atom is -0.346 e. The highest BCUT2D eigenvalue weighted by Crippen LogP contribution is 2.52. The maximum Gasteiger partial charge on any atom is 0.459 e. The van der Waals surface area contributed by atoms with Gasteiger partial charge >= 0.3 is 12.1 Å². The van der Waals surface area contributed by atoms with Gasteiger partial charge in [0.2, 0.25) is 0 Å². The number of amides is 1. The first-order chi connectivity index (χ1) is 16.8. The van der Waals surface area contributed by atoms with Crippen molar-refractivity contribution in [2.24, 2.45) is 7.05 Å². The summed E-state index contributed by atoms with van der Waals surface area (Å²) in [5, 5.41) is 25.9. The third kappa shape index (κ3) is 4.67. The fraction of sp³-hybridized carbons (Fsp3) is 0.391. The van der Waals surface area contributed by atoms with Crippen LogP contribution in [0.5, 0.6) is 0 Å². The first-order valence-electron chi connectivity index (χ1n) is 10.9. The Kier molecular flexibility index (Phi) is 6.33. The SMILES string of the molecule is Cn1nc(C(F)(F)C(F)(F)F)c(C2CC2)c1N/C=C(\C=N)c1ccc(Cl)c(C(=O)NC2(C#N)CC2)c1. The number of benzene rings is 1. The Morgan fingerprint density at radius 1 is 1.31 bits per heavy atom. The zero-order valence-corrected chi connectivity index (χ0v) is 19.6. The van der Waals surface area contributed by atoms with Gasteiger partial charge in [-0.2, -0.15) is 32.3 Å². The molecule has 2 saturated carbocycles. The normalized spacial score (nSPS) is 17.3. The summed E-state index contributed by atoms with van der Waals surface area (Å²) >= 11 is 6.16. The standard InChI is InChI=1S/C23H20ClF5N6O/c1-35-19(17(12-2-3-12)18(34-35)22(25,26)23(27,28)29)32-10-14(9-30)13-4-5-16(24)15(8-13)20(36)33-21(11-31)6-7-21/h4-5,8-10,12,30,32H,2-3,6-7H2,1H3,(H,33,36)/b14-10+,30-9?. The Labute approximate surface area is 207 Å². The fourth-order valence-electron chi connectivity index (χ4n) is 3.74. The summed E-state index contributed by atoms with van der Waals surface area (Å²) < 4.78 is 68.5. The van der Waals surface area contributed by atoms with Gasteiger partial charge in [0.1, 0.15) is 17.1 Å². The van der Waals surface area contributed by atoms with Crippen molar-refractivity contribution >= 4 is 35.1 Å². The van der Waals surface area contributed by atoms with Crippen LogP contribution in [0.2, 0.25) is 5.02 Å². The van der Waals surface area contributed by atoms with E-state index in [-0.39, 0.29) is 27.5 Å². The van der Waals surface area contributed by atoms with E-state index in [9.17, 15) is 32.0 Å². The number of anilines is 1. The molecule has 1 aromatic carbocycles. The Hall–Kier alpha value is -3.46. The van der Waals surface area contributed by atoms with Crippen LogP contribution in [0.1, 0.15) is 58.8 Å². The van der Waals surface area contributed by atoms with Gasteiger partial charge in [-0.05, 0) is 49.3 Å². The monoisotopic (exact) mass is 526 g/mol. The van der Waals surface area contributed by atoms with Crippen LogP contribution in [-0.4, -0.2) is 33.6 Å². The summed E-state index contributed by atoms with van der Waals surface area (Å²) in [6.45, 7) is 0. The van der Waals surface area contributed by atoms with E-state index in [1.54, 1.807) is 0 Å². The number of carbonyl (C=O) groups excluding carboxylic acids is 1. The number of aromatic nitrogens is 2. The van der Waals surface area contributed by atoms with Gasteiger partial charge < -0.3 is 16.0 Å².